The minimum atomic E-state index is -2.47. The quantitative estimate of drug-likeness (QED) is 0.601. The first-order valence-corrected chi connectivity index (χ1v) is 8.89. The van der Waals surface area contributed by atoms with Crippen molar-refractivity contribution in [1.82, 2.24) is 4.90 Å². The number of alkyl halides is 2. The van der Waals surface area contributed by atoms with Crippen molar-refractivity contribution in [3.05, 3.63) is 80.7 Å². The van der Waals surface area contributed by atoms with Gasteiger partial charge in [-0.3, -0.25) is 0 Å². The van der Waals surface area contributed by atoms with Gasteiger partial charge < -0.3 is 4.90 Å². The van der Waals surface area contributed by atoms with Gasteiger partial charge in [0, 0.05) is 23.0 Å². The minimum Gasteiger partial charge on any atom is -0.366 e. The summed E-state index contributed by atoms with van der Waals surface area (Å²) >= 11 is 7.79. The number of halogens is 3. The van der Waals surface area contributed by atoms with Crippen LogP contribution in [0.4, 0.5) is 8.78 Å². The summed E-state index contributed by atoms with van der Waals surface area (Å²) in [4.78, 5) is 3.22. The van der Waals surface area contributed by atoms with E-state index in [1.807, 2.05) is 23.1 Å². The Morgan fingerprint density at radius 2 is 2.12 bits per heavy atom. The van der Waals surface area contributed by atoms with Crippen LogP contribution in [0.5, 0.6) is 0 Å². The lowest BCUT2D eigenvalue weighted by atomic mass is 9.86. The molecule has 24 heavy (non-hydrogen) atoms. The number of thiophene rings is 1. The molecule has 2 heterocycles. The summed E-state index contributed by atoms with van der Waals surface area (Å²) in [5.41, 5.74) is 4.29. The number of rotatable bonds is 4. The zero-order valence-electron chi connectivity index (χ0n) is 13.3. The van der Waals surface area contributed by atoms with E-state index in [1.165, 1.54) is 27.6 Å². The van der Waals surface area contributed by atoms with Gasteiger partial charge in [0.05, 0.1) is 10.9 Å². The Bertz CT molecular complexity index is 781. The molecule has 0 saturated carbocycles. The fraction of sp³-hybridized carbons (Fsp3) is 0.263. The SMILES string of the molecule is C=C(/C=C/C(F)F)N1Cc2sc(Cl)cc2C(c2ccccc2C)C1. The molecule has 0 bridgehead atoms. The maximum Gasteiger partial charge on any atom is 0.257 e. The molecule has 5 heteroatoms. The van der Waals surface area contributed by atoms with Gasteiger partial charge >= 0.3 is 0 Å². The van der Waals surface area contributed by atoms with Crippen LogP contribution in [-0.4, -0.2) is 17.9 Å². The van der Waals surface area contributed by atoms with Gasteiger partial charge in [-0.05, 0) is 41.8 Å². The molecule has 0 amide bonds. The lowest BCUT2D eigenvalue weighted by Gasteiger charge is -2.35. The molecule has 1 aromatic carbocycles. The first kappa shape index (κ1) is 17.2. The third-order valence-electron chi connectivity index (χ3n) is 4.33. The molecule has 0 radical (unpaired) electrons. The van der Waals surface area contributed by atoms with Gasteiger partial charge in [-0.2, -0.15) is 0 Å². The predicted octanol–water partition coefficient (Wildman–Crippen LogP) is 5.99. The number of hydrogen-bond donors (Lipinski definition) is 0. The van der Waals surface area contributed by atoms with Gasteiger partial charge in [-0.25, -0.2) is 8.78 Å². The Hall–Kier alpha value is -1.65. The number of hydrogen-bond acceptors (Lipinski definition) is 2. The highest BCUT2D eigenvalue weighted by molar-refractivity contribution is 7.16. The maximum atomic E-state index is 12.4. The lowest BCUT2D eigenvalue weighted by molar-refractivity contribution is 0.203. The van der Waals surface area contributed by atoms with E-state index < -0.39 is 6.43 Å². The second kappa shape index (κ2) is 7.08. The molecule has 0 saturated heterocycles. The summed E-state index contributed by atoms with van der Waals surface area (Å²) in [6, 6.07) is 10.3. The zero-order valence-corrected chi connectivity index (χ0v) is 14.9. The first-order chi connectivity index (χ1) is 11.5. The van der Waals surface area contributed by atoms with Crippen molar-refractivity contribution < 1.29 is 8.78 Å². The third kappa shape index (κ3) is 3.55. The molecule has 1 unspecified atom stereocenters. The molecular weight excluding hydrogens is 348 g/mol. The molecular formula is C19H18ClF2NS. The molecule has 1 aromatic heterocycles. The molecule has 1 nitrogen and oxygen atoms in total. The Kier molecular flexibility index (Phi) is 5.07. The van der Waals surface area contributed by atoms with E-state index in [4.69, 9.17) is 11.6 Å². The summed E-state index contributed by atoms with van der Waals surface area (Å²) in [5.74, 6) is 0.162. The van der Waals surface area contributed by atoms with Gasteiger partial charge in [0.15, 0.2) is 0 Å². The average Bonchev–Trinajstić information content (AvgIpc) is 2.92. The highest BCUT2D eigenvalue weighted by atomic mass is 35.5. The molecule has 1 aliphatic rings. The standard InChI is InChI=1S/C19H18ClF2NS/c1-12-5-3-4-6-14(12)16-10-23(13(2)7-8-19(21)22)11-17-15(16)9-18(20)24-17/h3-9,16,19H,2,10-11H2,1H3/b8-7+. The van der Waals surface area contributed by atoms with Crippen LogP contribution in [0.2, 0.25) is 4.34 Å². The van der Waals surface area contributed by atoms with Crippen molar-refractivity contribution in [3.63, 3.8) is 0 Å². The van der Waals surface area contributed by atoms with E-state index in [0.717, 1.165) is 10.4 Å². The van der Waals surface area contributed by atoms with E-state index in [1.54, 1.807) is 11.3 Å². The predicted molar refractivity (Wildman–Crippen MR) is 97.0 cm³/mol. The van der Waals surface area contributed by atoms with Crippen LogP contribution in [0.3, 0.4) is 0 Å². The van der Waals surface area contributed by atoms with Crippen molar-refractivity contribution >= 4 is 22.9 Å². The molecule has 1 aliphatic heterocycles. The minimum absolute atomic E-state index is 0.162. The van der Waals surface area contributed by atoms with Gasteiger partial charge in [0.1, 0.15) is 0 Å². The summed E-state index contributed by atoms with van der Waals surface area (Å²) in [6.07, 6.45) is -0.188. The number of nitrogens with zero attached hydrogens (tertiary/aromatic N) is 1. The lowest BCUT2D eigenvalue weighted by Crippen LogP contribution is -2.32. The second-order valence-electron chi connectivity index (χ2n) is 5.90. The zero-order chi connectivity index (χ0) is 17.3. The summed E-state index contributed by atoms with van der Waals surface area (Å²) in [5, 5.41) is 0. The summed E-state index contributed by atoms with van der Waals surface area (Å²) < 4.78 is 25.6. The molecule has 0 fully saturated rings. The molecule has 0 aliphatic carbocycles. The summed E-state index contributed by atoms with van der Waals surface area (Å²) in [7, 11) is 0. The van der Waals surface area contributed by atoms with Crippen molar-refractivity contribution in [2.45, 2.75) is 25.8 Å². The molecule has 2 aromatic rings. The van der Waals surface area contributed by atoms with E-state index in [2.05, 4.69) is 25.6 Å². The second-order valence-corrected chi connectivity index (χ2v) is 7.67. The molecule has 0 N–H and O–H groups in total. The fourth-order valence-corrected chi connectivity index (χ4v) is 4.49. The van der Waals surface area contributed by atoms with Gasteiger partial charge in [0.2, 0.25) is 0 Å². The van der Waals surface area contributed by atoms with Crippen molar-refractivity contribution in [3.8, 4) is 0 Å². The Labute approximate surface area is 149 Å². The van der Waals surface area contributed by atoms with E-state index in [9.17, 15) is 8.78 Å². The fourth-order valence-electron chi connectivity index (χ4n) is 3.14. The van der Waals surface area contributed by atoms with Crippen molar-refractivity contribution in [2.24, 2.45) is 0 Å². The Morgan fingerprint density at radius 1 is 1.38 bits per heavy atom. The highest BCUT2D eigenvalue weighted by Crippen LogP contribution is 2.41. The van der Waals surface area contributed by atoms with E-state index >= 15 is 0 Å². The average molecular weight is 366 g/mol. The molecule has 1 atom stereocenters. The maximum absolute atomic E-state index is 12.4. The summed E-state index contributed by atoms with van der Waals surface area (Å²) in [6.45, 7) is 7.41. The Balaban J connectivity index is 1.96. The van der Waals surface area contributed by atoms with E-state index in [0.29, 0.717) is 18.8 Å². The first-order valence-electron chi connectivity index (χ1n) is 7.69. The van der Waals surface area contributed by atoms with E-state index in [-0.39, 0.29) is 5.92 Å². The normalized spacial score (nSPS) is 17.5. The Morgan fingerprint density at radius 3 is 2.83 bits per heavy atom. The van der Waals surface area contributed by atoms with Crippen LogP contribution in [0.1, 0.15) is 27.5 Å². The molecule has 126 valence electrons. The number of fused-ring (bicyclic) bond motifs is 1. The van der Waals surface area contributed by atoms with Crippen LogP contribution < -0.4 is 0 Å². The number of benzene rings is 1. The third-order valence-corrected chi connectivity index (χ3v) is 5.59. The topological polar surface area (TPSA) is 3.24 Å². The van der Waals surface area contributed by atoms with Crippen LogP contribution >= 0.6 is 22.9 Å². The smallest absolute Gasteiger partial charge is 0.257 e. The monoisotopic (exact) mass is 365 g/mol. The van der Waals surface area contributed by atoms with Crippen LogP contribution in [0.15, 0.2) is 54.8 Å². The number of aryl methyl sites for hydroxylation is 1. The van der Waals surface area contributed by atoms with Gasteiger partial charge in [0.25, 0.3) is 6.43 Å². The molecule has 3 rings (SSSR count). The van der Waals surface area contributed by atoms with Gasteiger partial charge in [-0.15, -0.1) is 11.3 Å². The van der Waals surface area contributed by atoms with Crippen LogP contribution in [0, 0.1) is 6.92 Å². The number of allylic oxidation sites excluding steroid dienone is 2. The van der Waals surface area contributed by atoms with Crippen molar-refractivity contribution in [1.29, 1.82) is 0 Å². The highest BCUT2D eigenvalue weighted by Gasteiger charge is 2.29. The van der Waals surface area contributed by atoms with Crippen LogP contribution in [-0.2, 0) is 6.54 Å². The van der Waals surface area contributed by atoms with Gasteiger partial charge in [-0.1, -0.05) is 42.4 Å². The van der Waals surface area contributed by atoms with Crippen molar-refractivity contribution in [2.75, 3.05) is 6.54 Å². The van der Waals surface area contributed by atoms with Crippen LogP contribution in [0.25, 0.3) is 0 Å². The largest absolute Gasteiger partial charge is 0.366 e. The molecule has 0 spiro atoms.